The van der Waals surface area contributed by atoms with E-state index in [9.17, 15) is 20.4 Å². The van der Waals surface area contributed by atoms with Crippen LogP contribution in [0.15, 0.2) is 72.8 Å². The second kappa shape index (κ2) is 8.84. The highest BCUT2D eigenvalue weighted by molar-refractivity contribution is 5.79. The SMILES string of the molecule is OC[C@H]1O[C@@H](n2c(NCc3ccc(-c4ccccc4)cc3O)nc3ccccc32)[C@H](O)[C@@H]1O. The van der Waals surface area contributed by atoms with Crippen molar-refractivity contribution in [3.63, 3.8) is 0 Å². The van der Waals surface area contributed by atoms with Gasteiger partial charge in [-0.15, -0.1) is 0 Å². The Kier molecular flexibility index (Phi) is 5.74. The number of rotatable bonds is 6. The first-order valence-electron chi connectivity index (χ1n) is 10.8. The molecule has 1 aromatic heterocycles. The number of aliphatic hydroxyl groups excluding tert-OH is 3. The van der Waals surface area contributed by atoms with Crippen LogP contribution in [0.1, 0.15) is 11.8 Å². The minimum Gasteiger partial charge on any atom is -0.508 e. The predicted octanol–water partition coefficient (Wildman–Crippen LogP) is 2.63. The maximum Gasteiger partial charge on any atom is 0.206 e. The van der Waals surface area contributed by atoms with Crippen molar-refractivity contribution < 1.29 is 25.2 Å². The van der Waals surface area contributed by atoms with E-state index in [0.717, 1.165) is 11.1 Å². The molecule has 0 amide bonds. The average Bonchev–Trinajstić information content (AvgIpc) is 3.35. The number of hydrogen-bond acceptors (Lipinski definition) is 7. The topological polar surface area (TPSA) is 120 Å². The maximum absolute atomic E-state index is 10.6. The van der Waals surface area contributed by atoms with Crippen molar-refractivity contribution in [1.29, 1.82) is 0 Å². The number of para-hydroxylation sites is 2. The van der Waals surface area contributed by atoms with Crippen LogP contribution in [0.5, 0.6) is 5.75 Å². The fraction of sp³-hybridized carbons (Fsp3) is 0.240. The van der Waals surface area contributed by atoms with Gasteiger partial charge in [0, 0.05) is 12.1 Å². The number of ether oxygens (including phenoxy) is 1. The van der Waals surface area contributed by atoms with Gasteiger partial charge in [-0.2, -0.15) is 0 Å². The zero-order valence-electron chi connectivity index (χ0n) is 17.7. The van der Waals surface area contributed by atoms with Gasteiger partial charge in [0.25, 0.3) is 0 Å². The second-order valence-electron chi connectivity index (χ2n) is 8.09. The van der Waals surface area contributed by atoms with Crippen LogP contribution in [-0.4, -0.2) is 54.9 Å². The number of imidazole rings is 1. The molecule has 0 bridgehead atoms. The molecule has 4 atom stereocenters. The summed E-state index contributed by atoms with van der Waals surface area (Å²) in [6.07, 6.45) is -4.28. The smallest absolute Gasteiger partial charge is 0.206 e. The Balaban J connectivity index is 1.44. The third-order valence-corrected chi connectivity index (χ3v) is 6.00. The molecular weight excluding hydrogens is 422 g/mol. The third kappa shape index (κ3) is 3.94. The minimum absolute atomic E-state index is 0.152. The molecule has 8 nitrogen and oxygen atoms in total. The molecule has 0 radical (unpaired) electrons. The van der Waals surface area contributed by atoms with E-state index in [4.69, 9.17) is 4.74 Å². The molecule has 1 aliphatic rings. The molecule has 5 N–H and O–H groups in total. The number of fused-ring (bicyclic) bond motifs is 1. The lowest BCUT2D eigenvalue weighted by Crippen LogP contribution is -2.33. The van der Waals surface area contributed by atoms with Crippen LogP contribution in [-0.2, 0) is 11.3 Å². The number of aromatic hydroxyl groups is 1. The minimum atomic E-state index is -1.24. The Hall–Kier alpha value is -3.43. The zero-order chi connectivity index (χ0) is 22.9. The summed E-state index contributed by atoms with van der Waals surface area (Å²) in [6, 6.07) is 22.7. The van der Waals surface area contributed by atoms with Crippen molar-refractivity contribution in [3.05, 3.63) is 78.4 Å². The largest absolute Gasteiger partial charge is 0.508 e. The number of phenols is 1. The van der Waals surface area contributed by atoms with E-state index < -0.39 is 31.1 Å². The van der Waals surface area contributed by atoms with Crippen molar-refractivity contribution in [2.75, 3.05) is 11.9 Å². The number of phenolic OH excluding ortho intramolecular Hbond substituents is 1. The van der Waals surface area contributed by atoms with Crippen molar-refractivity contribution in [2.24, 2.45) is 0 Å². The lowest BCUT2D eigenvalue weighted by atomic mass is 10.0. The van der Waals surface area contributed by atoms with Gasteiger partial charge in [-0.3, -0.25) is 4.57 Å². The van der Waals surface area contributed by atoms with Crippen molar-refractivity contribution in [3.8, 4) is 16.9 Å². The van der Waals surface area contributed by atoms with Gasteiger partial charge >= 0.3 is 0 Å². The van der Waals surface area contributed by atoms with Crippen LogP contribution in [0.2, 0.25) is 0 Å². The first-order valence-corrected chi connectivity index (χ1v) is 10.8. The molecule has 8 heteroatoms. The molecular formula is C25H25N3O5. The molecule has 0 spiro atoms. The van der Waals surface area contributed by atoms with Gasteiger partial charge in [-0.1, -0.05) is 54.6 Å². The van der Waals surface area contributed by atoms with Gasteiger partial charge in [-0.05, 0) is 29.3 Å². The Bertz CT molecular complexity index is 1260. The van der Waals surface area contributed by atoms with Crippen LogP contribution in [0.4, 0.5) is 5.95 Å². The summed E-state index contributed by atoms with van der Waals surface area (Å²) in [5.41, 5.74) is 3.99. The second-order valence-corrected chi connectivity index (χ2v) is 8.09. The monoisotopic (exact) mass is 447 g/mol. The van der Waals surface area contributed by atoms with Crippen LogP contribution in [0.25, 0.3) is 22.2 Å². The van der Waals surface area contributed by atoms with Gasteiger partial charge in [0.15, 0.2) is 6.23 Å². The standard InChI is InChI=1S/C25H25N3O5/c29-14-21-22(31)23(32)24(33-21)28-19-9-5-4-8-18(19)27-25(28)26-13-17-11-10-16(12-20(17)30)15-6-2-1-3-7-15/h1-12,21-24,29-32H,13-14H2,(H,26,27)/t21-,22-,23-,24-/m1/s1. The number of benzene rings is 3. The zero-order valence-corrected chi connectivity index (χ0v) is 17.7. The summed E-state index contributed by atoms with van der Waals surface area (Å²) in [5.74, 6) is 0.567. The first kappa shape index (κ1) is 21.4. The van der Waals surface area contributed by atoms with E-state index >= 15 is 0 Å². The molecule has 5 rings (SSSR count). The van der Waals surface area contributed by atoms with Gasteiger partial charge in [0.2, 0.25) is 5.95 Å². The molecule has 3 aromatic carbocycles. The third-order valence-electron chi connectivity index (χ3n) is 6.00. The number of anilines is 1. The highest BCUT2D eigenvalue weighted by Crippen LogP contribution is 2.35. The number of hydrogen-bond donors (Lipinski definition) is 5. The molecule has 0 aliphatic carbocycles. The molecule has 33 heavy (non-hydrogen) atoms. The Morgan fingerprint density at radius 2 is 1.67 bits per heavy atom. The van der Waals surface area contributed by atoms with Gasteiger partial charge in [0.05, 0.1) is 17.6 Å². The van der Waals surface area contributed by atoms with Crippen LogP contribution >= 0.6 is 0 Å². The number of aromatic nitrogens is 2. The first-order chi connectivity index (χ1) is 16.1. The van der Waals surface area contributed by atoms with E-state index in [-0.39, 0.29) is 12.3 Å². The molecule has 0 unspecified atom stereocenters. The molecule has 170 valence electrons. The summed E-state index contributed by atoms with van der Waals surface area (Å²) in [7, 11) is 0. The number of nitrogens with one attached hydrogen (secondary N) is 1. The van der Waals surface area contributed by atoms with Crippen LogP contribution in [0, 0.1) is 0 Å². The van der Waals surface area contributed by atoms with Crippen LogP contribution in [0.3, 0.4) is 0 Å². The summed E-state index contributed by atoms with van der Waals surface area (Å²) in [6.45, 7) is -0.134. The summed E-state index contributed by atoms with van der Waals surface area (Å²) >= 11 is 0. The molecule has 4 aromatic rings. The van der Waals surface area contributed by atoms with Gasteiger partial charge in [-0.25, -0.2) is 4.98 Å². The van der Waals surface area contributed by atoms with E-state index in [0.29, 0.717) is 22.5 Å². The molecule has 1 fully saturated rings. The number of nitrogens with zero attached hydrogens (tertiary/aromatic N) is 2. The average molecular weight is 447 g/mol. The number of aliphatic hydroxyl groups is 3. The maximum atomic E-state index is 10.6. The van der Waals surface area contributed by atoms with Crippen molar-refractivity contribution in [1.82, 2.24) is 9.55 Å². The quantitative estimate of drug-likeness (QED) is 0.308. The van der Waals surface area contributed by atoms with Crippen molar-refractivity contribution in [2.45, 2.75) is 31.1 Å². The molecule has 2 heterocycles. The Morgan fingerprint density at radius 1 is 0.909 bits per heavy atom. The highest BCUT2D eigenvalue weighted by Gasteiger charge is 2.44. The molecule has 1 aliphatic heterocycles. The predicted molar refractivity (Wildman–Crippen MR) is 124 cm³/mol. The Labute approximate surface area is 190 Å². The summed E-state index contributed by atoms with van der Waals surface area (Å²) < 4.78 is 7.43. The van der Waals surface area contributed by atoms with E-state index in [1.807, 2.05) is 66.7 Å². The van der Waals surface area contributed by atoms with Crippen LogP contribution < -0.4 is 5.32 Å². The van der Waals surface area contributed by atoms with Crippen molar-refractivity contribution >= 4 is 17.0 Å². The lowest BCUT2D eigenvalue weighted by Gasteiger charge is -2.20. The lowest BCUT2D eigenvalue weighted by molar-refractivity contribution is -0.0499. The fourth-order valence-corrected chi connectivity index (χ4v) is 4.22. The summed E-state index contributed by atoms with van der Waals surface area (Å²) in [4.78, 5) is 4.61. The highest BCUT2D eigenvalue weighted by atomic mass is 16.6. The summed E-state index contributed by atoms with van der Waals surface area (Å²) in [5, 5.41) is 44.1. The Morgan fingerprint density at radius 3 is 2.39 bits per heavy atom. The fourth-order valence-electron chi connectivity index (χ4n) is 4.22. The van der Waals surface area contributed by atoms with E-state index in [1.165, 1.54) is 0 Å². The van der Waals surface area contributed by atoms with E-state index in [2.05, 4.69) is 10.3 Å². The molecule has 0 saturated carbocycles. The normalized spacial score (nSPS) is 22.6. The molecule has 1 saturated heterocycles. The van der Waals surface area contributed by atoms with E-state index in [1.54, 1.807) is 10.6 Å². The van der Waals surface area contributed by atoms with Gasteiger partial charge in [0.1, 0.15) is 24.1 Å². The van der Waals surface area contributed by atoms with Gasteiger partial charge < -0.3 is 30.5 Å².